The summed E-state index contributed by atoms with van der Waals surface area (Å²) < 4.78 is 26.2. The van der Waals surface area contributed by atoms with Gasteiger partial charge in [0.05, 0.1) is 18.8 Å². The van der Waals surface area contributed by atoms with Crippen LogP contribution >= 0.6 is 7.82 Å². The number of hydrogen-bond donors (Lipinski definition) is 4. The van der Waals surface area contributed by atoms with Crippen molar-refractivity contribution in [3.05, 3.63) is 134 Å². The zero-order valence-corrected chi connectivity index (χ0v) is 35.7. The van der Waals surface area contributed by atoms with E-state index in [1.54, 1.807) is 36.5 Å². The molecule has 0 bridgehead atoms. The molecule has 0 aliphatic heterocycles. The van der Waals surface area contributed by atoms with Gasteiger partial charge in [-0.2, -0.15) is 0 Å². The normalized spacial score (nSPS) is 14.9. The first-order chi connectivity index (χ1) is 28.1. The van der Waals surface area contributed by atoms with E-state index < -0.39 is 44.7 Å². The largest absolute Gasteiger partial charge is 0.469 e. The van der Waals surface area contributed by atoms with Crippen molar-refractivity contribution < 1.29 is 48.2 Å². The number of unbranched alkanes of at least 4 members (excludes halogenated alkanes) is 3. The Balaban J connectivity index is 4.27. The molecule has 0 amide bonds. The van der Waals surface area contributed by atoms with Crippen LogP contribution in [0, 0.1) is 0 Å². The minimum Gasteiger partial charge on any atom is -0.462 e. The number of esters is 2. The standard InChI is InChI=1S/C47H71O10P/c1-3-5-7-8-9-10-11-12-13-14-15-16-17-18-19-20-21-26-34-40-47(51)57-45(42-56-58(52,53)54)41-55-46(50)39-33-25-23-22-24-30-36-44(49)38-32-28-27-31-37-43(48)35-29-6-4-2/h5-7,9-10,12-13,15-16,18-19,23-25,27-32,37-38,43-45,48-49H,3-4,8,11,14,17,20-22,26,33-36,39-42H2,1-2H3,(H2,52,53,54)/b7-5-,10-9-,13-12-,16-15-,19-18-,25-23-,28-27-,29-6-,30-24-,37-31+,38-32+/t43-,44+,45-/m1/s1. The number of phosphoric acid groups is 1. The summed E-state index contributed by atoms with van der Waals surface area (Å²) >= 11 is 0. The second kappa shape index (κ2) is 39.9. The van der Waals surface area contributed by atoms with Gasteiger partial charge < -0.3 is 29.5 Å². The van der Waals surface area contributed by atoms with E-state index in [1.165, 1.54) is 0 Å². The fourth-order valence-electron chi connectivity index (χ4n) is 4.77. The number of allylic oxidation sites excluding steroid dienone is 18. The van der Waals surface area contributed by atoms with Crippen molar-refractivity contribution in [3.63, 3.8) is 0 Å². The molecule has 0 unspecified atom stereocenters. The monoisotopic (exact) mass is 826 g/mol. The fourth-order valence-corrected chi connectivity index (χ4v) is 5.13. The number of aliphatic hydroxyl groups excluding tert-OH is 2. The maximum absolute atomic E-state index is 12.4. The van der Waals surface area contributed by atoms with E-state index in [2.05, 4.69) is 72.2 Å². The molecule has 3 atom stereocenters. The summed E-state index contributed by atoms with van der Waals surface area (Å²) in [6, 6.07) is 0. The fraction of sp³-hybridized carbons (Fsp3) is 0.489. The number of carbonyl (C=O) groups is 2. The van der Waals surface area contributed by atoms with Gasteiger partial charge in [-0.3, -0.25) is 14.1 Å². The zero-order valence-electron chi connectivity index (χ0n) is 34.8. The molecule has 58 heavy (non-hydrogen) atoms. The summed E-state index contributed by atoms with van der Waals surface area (Å²) in [5, 5.41) is 19.9. The molecule has 324 valence electrons. The number of hydrogen-bond acceptors (Lipinski definition) is 8. The third-order valence-corrected chi connectivity index (χ3v) is 8.33. The highest BCUT2D eigenvalue weighted by Crippen LogP contribution is 2.36. The molecule has 0 spiro atoms. The highest BCUT2D eigenvalue weighted by atomic mass is 31.2. The summed E-state index contributed by atoms with van der Waals surface area (Å²) in [4.78, 5) is 42.8. The summed E-state index contributed by atoms with van der Waals surface area (Å²) in [6.07, 6.45) is 52.4. The molecule has 4 N–H and O–H groups in total. The lowest BCUT2D eigenvalue weighted by molar-refractivity contribution is -0.161. The third-order valence-electron chi connectivity index (χ3n) is 7.84. The Morgan fingerprint density at radius 2 is 1.00 bits per heavy atom. The quantitative estimate of drug-likeness (QED) is 0.0159. The number of ether oxygens (including phenoxy) is 2. The lowest BCUT2D eigenvalue weighted by Gasteiger charge is -2.18. The van der Waals surface area contributed by atoms with Crippen molar-refractivity contribution >= 4 is 19.8 Å². The first-order valence-corrected chi connectivity index (χ1v) is 22.2. The van der Waals surface area contributed by atoms with E-state index >= 15 is 0 Å². The summed E-state index contributed by atoms with van der Waals surface area (Å²) in [5.74, 6) is -1.11. The second-order valence-electron chi connectivity index (χ2n) is 13.2. The Hall–Kier alpha value is -3.89. The Morgan fingerprint density at radius 3 is 1.53 bits per heavy atom. The van der Waals surface area contributed by atoms with Crippen LogP contribution < -0.4 is 0 Å². The Bertz CT molecular complexity index is 1420. The molecule has 0 saturated heterocycles. The Labute approximate surface area is 348 Å². The van der Waals surface area contributed by atoms with Gasteiger partial charge in [0.2, 0.25) is 0 Å². The van der Waals surface area contributed by atoms with Crippen LogP contribution in [-0.2, 0) is 28.2 Å². The SMILES string of the molecule is CC/C=C\C/C=C\C/C=C\C/C=C\C/C=C\CCCCCC(=O)O[C@H](COC(=O)CC/C=C\C/C=C\C[C@H](O)/C=C/C=C\C=C\[C@H](O)C/C=C\CC)COP(=O)(O)O. The highest BCUT2D eigenvalue weighted by molar-refractivity contribution is 7.46. The lowest BCUT2D eigenvalue weighted by atomic mass is 10.1. The highest BCUT2D eigenvalue weighted by Gasteiger charge is 2.22. The second-order valence-corrected chi connectivity index (χ2v) is 14.5. The average molecular weight is 827 g/mol. The van der Waals surface area contributed by atoms with Crippen LogP contribution in [0.5, 0.6) is 0 Å². The average Bonchev–Trinajstić information content (AvgIpc) is 3.18. The molecular weight excluding hydrogens is 755 g/mol. The third kappa shape index (κ3) is 41.7. The Kier molecular flexibility index (Phi) is 37.2. The van der Waals surface area contributed by atoms with Crippen LogP contribution in [0.25, 0.3) is 0 Å². The van der Waals surface area contributed by atoms with Crippen LogP contribution in [0.2, 0.25) is 0 Å². The summed E-state index contributed by atoms with van der Waals surface area (Å²) in [6.45, 7) is 3.18. The van der Waals surface area contributed by atoms with E-state index in [0.717, 1.165) is 57.8 Å². The van der Waals surface area contributed by atoms with Gasteiger partial charge in [0, 0.05) is 12.8 Å². The van der Waals surface area contributed by atoms with Crippen molar-refractivity contribution in [3.8, 4) is 0 Å². The maximum Gasteiger partial charge on any atom is 0.469 e. The van der Waals surface area contributed by atoms with E-state index in [0.29, 0.717) is 32.1 Å². The van der Waals surface area contributed by atoms with E-state index in [9.17, 15) is 24.4 Å². The van der Waals surface area contributed by atoms with Gasteiger partial charge in [-0.15, -0.1) is 0 Å². The first kappa shape index (κ1) is 54.1. The van der Waals surface area contributed by atoms with Crippen LogP contribution in [0.3, 0.4) is 0 Å². The van der Waals surface area contributed by atoms with Crippen LogP contribution in [0.1, 0.15) is 117 Å². The smallest absolute Gasteiger partial charge is 0.462 e. The van der Waals surface area contributed by atoms with Crippen molar-refractivity contribution in [2.45, 2.75) is 135 Å². The topological polar surface area (TPSA) is 160 Å². The summed E-state index contributed by atoms with van der Waals surface area (Å²) in [5.41, 5.74) is 0. The number of aliphatic hydroxyl groups is 2. The van der Waals surface area contributed by atoms with Crippen LogP contribution in [0.4, 0.5) is 0 Å². The molecule has 0 rings (SSSR count). The Morgan fingerprint density at radius 1 is 0.534 bits per heavy atom. The number of rotatable bonds is 35. The molecule has 11 heteroatoms. The lowest BCUT2D eigenvalue weighted by Crippen LogP contribution is -2.29. The van der Waals surface area contributed by atoms with E-state index in [4.69, 9.17) is 19.3 Å². The minimum absolute atomic E-state index is 0.0687. The van der Waals surface area contributed by atoms with Crippen molar-refractivity contribution in [2.24, 2.45) is 0 Å². The molecule has 0 saturated carbocycles. The first-order valence-electron chi connectivity index (χ1n) is 20.7. The molecule has 0 aliphatic rings. The van der Waals surface area contributed by atoms with E-state index in [-0.39, 0.29) is 19.4 Å². The van der Waals surface area contributed by atoms with Crippen LogP contribution in [-0.4, -0.2) is 63.5 Å². The van der Waals surface area contributed by atoms with E-state index in [1.807, 2.05) is 43.4 Å². The van der Waals surface area contributed by atoms with Gasteiger partial charge in [-0.1, -0.05) is 154 Å². The predicted octanol–water partition coefficient (Wildman–Crippen LogP) is 10.7. The van der Waals surface area contributed by atoms with Gasteiger partial charge in [0.1, 0.15) is 6.61 Å². The molecule has 0 aromatic heterocycles. The van der Waals surface area contributed by atoms with Gasteiger partial charge in [-0.25, -0.2) is 4.57 Å². The molecular formula is C47H71O10P. The number of phosphoric ester groups is 1. The van der Waals surface area contributed by atoms with Crippen molar-refractivity contribution in [1.82, 2.24) is 0 Å². The molecule has 0 aromatic rings. The van der Waals surface area contributed by atoms with Crippen molar-refractivity contribution in [2.75, 3.05) is 13.2 Å². The molecule has 10 nitrogen and oxygen atoms in total. The minimum atomic E-state index is -4.82. The van der Waals surface area contributed by atoms with Gasteiger partial charge in [0.15, 0.2) is 6.10 Å². The molecule has 0 aromatic carbocycles. The van der Waals surface area contributed by atoms with Gasteiger partial charge >= 0.3 is 19.8 Å². The van der Waals surface area contributed by atoms with Gasteiger partial charge in [0.25, 0.3) is 0 Å². The maximum atomic E-state index is 12.4. The molecule has 0 aliphatic carbocycles. The van der Waals surface area contributed by atoms with Crippen LogP contribution in [0.15, 0.2) is 134 Å². The zero-order chi connectivity index (χ0) is 42.8. The molecule has 0 heterocycles. The summed E-state index contributed by atoms with van der Waals surface area (Å²) in [7, 11) is -4.82. The predicted molar refractivity (Wildman–Crippen MR) is 237 cm³/mol. The molecule has 0 radical (unpaired) electrons. The molecule has 0 fully saturated rings. The van der Waals surface area contributed by atoms with Gasteiger partial charge in [-0.05, 0) is 83.5 Å². The van der Waals surface area contributed by atoms with Crippen molar-refractivity contribution in [1.29, 1.82) is 0 Å². The number of carbonyl (C=O) groups excluding carboxylic acids is 2.